The van der Waals surface area contributed by atoms with E-state index in [1.165, 1.54) is 23.1 Å². The molecule has 0 saturated carbocycles. The van der Waals surface area contributed by atoms with Crippen molar-refractivity contribution in [2.75, 3.05) is 11.4 Å². The molecule has 1 aromatic heterocycles. The van der Waals surface area contributed by atoms with E-state index in [0.717, 1.165) is 18.4 Å². The minimum absolute atomic E-state index is 0.126. The number of furan rings is 1. The molecule has 5 heteroatoms. The maximum atomic E-state index is 14.0. The highest BCUT2D eigenvalue weighted by Gasteiger charge is 2.28. The lowest BCUT2D eigenvalue weighted by Gasteiger charge is -2.29. The summed E-state index contributed by atoms with van der Waals surface area (Å²) in [6.07, 6.45) is 1.58. The van der Waals surface area contributed by atoms with E-state index in [-0.39, 0.29) is 22.7 Å². The SMILES string of the molecule is O=C(c1ccc(Cl)o1)N1CCCc2cccc(F)c21. The lowest BCUT2D eigenvalue weighted by Crippen LogP contribution is -2.36. The van der Waals surface area contributed by atoms with Crippen molar-refractivity contribution in [3.8, 4) is 0 Å². The molecular formula is C14H11ClFNO2. The summed E-state index contributed by atoms with van der Waals surface area (Å²) in [4.78, 5) is 13.8. The summed E-state index contributed by atoms with van der Waals surface area (Å²) in [5, 5.41) is 0.147. The number of benzene rings is 1. The third-order valence-electron chi connectivity index (χ3n) is 3.20. The Morgan fingerprint density at radius 3 is 2.89 bits per heavy atom. The predicted molar refractivity (Wildman–Crippen MR) is 70.1 cm³/mol. The van der Waals surface area contributed by atoms with Crippen molar-refractivity contribution in [3.63, 3.8) is 0 Å². The molecule has 0 aliphatic carbocycles. The summed E-state index contributed by atoms with van der Waals surface area (Å²) >= 11 is 5.66. The topological polar surface area (TPSA) is 33.5 Å². The number of carbonyl (C=O) groups is 1. The number of hydrogen-bond donors (Lipinski definition) is 0. The zero-order chi connectivity index (χ0) is 13.4. The van der Waals surface area contributed by atoms with Gasteiger partial charge in [-0.15, -0.1) is 0 Å². The van der Waals surface area contributed by atoms with Crippen LogP contribution in [0.3, 0.4) is 0 Å². The van der Waals surface area contributed by atoms with Gasteiger partial charge in [-0.2, -0.15) is 0 Å². The van der Waals surface area contributed by atoms with Gasteiger partial charge < -0.3 is 9.32 Å². The van der Waals surface area contributed by atoms with Gasteiger partial charge in [-0.05, 0) is 48.2 Å². The first-order chi connectivity index (χ1) is 9.16. The van der Waals surface area contributed by atoms with E-state index >= 15 is 0 Å². The van der Waals surface area contributed by atoms with E-state index in [9.17, 15) is 9.18 Å². The smallest absolute Gasteiger partial charge is 0.294 e. The second-order valence-electron chi connectivity index (χ2n) is 4.41. The van der Waals surface area contributed by atoms with Crippen LogP contribution in [0, 0.1) is 5.82 Å². The van der Waals surface area contributed by atoms with E-state index in [0.29, 0.717) is 12.2 Å². The molecule has 3 rings (SSSR count). The van der Waals surface area contributed by atoms with Crippen LogP contribution in [0.25, 0.3) is 0 Å². The quantitative estimate of drug-likeness (QED) is 0.798. The van der Waals surface area contributed by atoms with Gasteiger partial charge in [-0.3, -0.25) is 4.79 Å². The van der Waals surface area contributed by atoms with E-state index in [1.54, 1.807) is 6.07 Å². The van der Waals surface area contributed by atoms with E-state index in [1.807, 2.05) is 6.07 Å². The van der Waals surface area contributed by atoms with Crippen molar-refractivity contribution in [3.05, 3.63) is 52.7 Å². The third kappa shape index (κ3) is 2.12. The number of fused-ring (bicyclic) bond motifs is 1. The Morgan fingerprint density at radius 2 is 2.16 bits per heavy atom. The van der Waals surface area contributed by atoms with Crippen molar-refractivity contribution >= 4 is 23.2 Å². The second-order valence-corrected chi connectivity index (χ2v) is 4.78. The zero-order valence-electron chi connectivity index (χ0n) is 10.0. The molecule has 3 nitrogen and oxygen atoms in total. The Kier molecular flexibility index (Phi) is 3.03. The van der Waals surface area contributed by atoms with Crippen LogP contribution in [0.5, 0.6) is 0 Å². The fourth-order valence-corrected chi connectivity index (χ4v) is 2.51. The van der Waals surface area contributed by atoms with E-state index in [2.05, 4.69) is 0 Å². The van der Waals surface area contributed by atoms with Gasteiger partial charge in [0.15, 0.2) is 11.0 Å². The molecule has 0 atom stereocenters. The molecule has 1 aliphatic heterocycles. The number of aryl methyl sites for hydroxylation is 1. The molecule has 0 spiro atoms. The van der Waals surface area contributed by atoms with Gasteiger partial charge >= 0.3 is 0 Å². The minimum atomic E-state index is -0.386. The fourth-order valence-electron chi connectivity index (χ4n) is 2.37. The maximum absolute atomic E-state index is 14.0. The molecule has 0 radical (unpaired) electrons. The molecule has 98 valence electrons. The summed E-state index contributed by atoms with van der Waals surface area (Å²) in [6, 6.07) is 7.86. The van der Waals surface area contributed by atoms with Crippen LogP contribution in [0.2, 0.25) is 5.22 Å². The average molecular weight is 280 g/mol. The van der Waals surface area contributed by atoms with Crippen molar-refractivity contribution in [2.45, 2.75) is 12.8 Å². The Hall–Kier alpha value is -1.81. The Bertz CT molecular complexity index is 638. The highest BCUT2D eigenvalue weighted by atomic mass is 35.5. The molecule has 0 saturated heterocycles. The van der Waals surface area contributed by atoms with Crippen LogP contribution in [0.15, 0.2) is 34.7 Å². The molecule has 1 amide bonds. The summed E-state index contributed by atoms with van der Waals surface area (Å²) in [7, 11) is 0. The van der Waals surface area contributed by atoms with Gasteiger partial charge in [0.2, 0.25) is 0 Å². The first-order valence-electron chi connectivity index (χ1n) is 6.01. The van der Waals surface area contributed by atoms with Gasteiger partial charge in [0.05, 0.1) is 5.69 Å². The first-order valence-corrected chi connectivity index (χ1v) is 6.39. The number of hydrogen-bond acceptors (Lipinski definition) is 2. The van der Waals surface area contributed by atoms with Gasteiger partial charge in [-0.25, -0.2) is 4.39 Å². The Labute approximate surface area is 114 Å². The fraction of sp³-hybridized carbons (Fsp3) is 0.214. The molecule has 0 N–H and O–H groups in total. The number of halogens is 2. The largest absolute Gasteiger partial charge is 0.440 e. The van der Waals surface area contributed by atoms with Crippen molar-refractivity contribution in [2.24, 2.45) is 0 Å². The van der Waals surface area contributed by atoms with Crippen LogP contribution in [-0.4, -0.2) is 12.5 Å². The molecule has 1 aromatic carbocycles. The highest BCUT2D eigenvalue weighted by molar-refractivity contribution is 6.29. The van der Waals surface area contributed by atoms with Crippen LogP contribution in [-0.2, 0) is 6.42 Å². The molecule has 0 bridgehead atoms. The normalized spacial score (nSPS) is 14.3. The van der Waals surface area contributed by atoms with Crippen molar-refractivity contribution < 1.29 is 13.6 Å². The second kappa shape index (κ2) is 4.70. The number of nitrogens with zero attached hydrogens (tertiary/aromatic N) is 1. The summed E-state index contributed by atoms with van der Waals surface area (Å²) in [5.74, 6) is -0.623. The Balaban J connectivity index is 2.02. The summed E-state index contributed by atoms with van der Waals surface area (Å²) in [5.41, 5.74) is 1.20. The number of anilines is 1. The Morgan fingerprint density at radius 1 is 1.32 bits per heavy atom. The predicted octanol–water partition coefficient (Wildman–Crippen LogP) is 3.67. The first kappa shape index (κ1) is 12.2. The molecule has 0 unspecified atom stereocenters. The van der Waals surface area contributed by atoms with E-state index < -0.39 is 0 Å². The van der Waals surface area contributed by atoms with Gasteiger partial charge in [-0.1, -0.05) is 12.1 Å². The number of para-hydroxylation sites is 1. The van der Waals surface area contributed by atoms with Crippen LogP contribution in [0.4, 0.5) is 10.1 Å². The third-order valence-corrected chi connectivity index (χ3v) is 3.40. The number of rotatable bonds is 1. The van der Waals surface area contributed by atoms with Crippen molar-refractivity contribution in [1.82, 2.24) is 0 Å². The molecule has 1 aliphatic rings. The van der Waals surface area contributed by atoms with E-state index in [4.69, 9.17) is 16.0 Å². The van der Waals surface area contributed by atoms with Crippen LogP contribution in [0.1, 0.15) is 22.5 Å². The minimum Gasteiger partial charge on any atom is -0.440 e. The van der Waals surface area contributed by atoms with Crippen LogP contribution < -0.4 is 4.90 Å². The van der Waals surface area contributed by atoms with Gasteiger partial charge in [0, 0.05) is 6.54 Å². The number of amides is 1. The van der Waals surface area contributed by atoms with Gasteiger partial charge in [0.1, 0.15) is 5.82 Å². The lowest BCUT2D eigenvalue weighted by atomic mass is 10.0. The van der Waals surface area contributed by atoms with Crippen LogP contribution >= 0.6 is 11.6 Å². The summed E-state index contributed by atoms with van der Waals surface area (Å²) < 4.78 is 19.1. The number of carbonyl (C=O) groups excluding carboxylic acids is 1. The maximum Gasteiger partial charge on any atom is 0.294 e. The zero-order valence-corrected chi connectivity index (χ0v) is 10.8. The summed E-state index contributed by atoms with van der Waals surface area (Å²) in [6.45, 7) is 0.477. The molecule has 0 fully saturated rings. The molecule has 19 heavy (non-hydrogen) atoms. The molecule has 2 heterocycles. The standard InChI is InChI=1S/C14H11ClFNO2/c15-12-7-6-11(19-12)14(18)17-8-2-4-9-3-1-5-10(16)13(9)17/h1,3,5-7H,2,4,8H2. The lowest BCUT2D eigenvalue weighted by molar-refractivity contribution is 0.0957. The van der Waals surface area contributed by atoms with Gasteiger partial charge in [0.25, 0.3) is 5.91 Å². The molecular weight excluding hydrogens is 269 g/mol. The molecule has 2 aromatic rings. The highest BCUT2D eigenvalue weighted by Crippen LogP contribution is 2.31. The average Bonchev–Trinajstić information content (AvgIpc) is 2.84. The van der Waals surface area contributed by atoms with Crippen molar-refractivity contribution in [1.29, 1.82) is 0 Å². The monoisotopic (exact) mass is 279 g/mol.